The fourth-order valence-electron chi connectivity index (χ4n) is 2.57. The maximum atomic E-state index is 10.7. The highest BCUT2D eigenvalue weighted by molar-refractivity contribution is 5.42. The van der Waals surface area contributed by atoms with Gasteiger partial charge in [-0.15, -0.1) is 0 Å². The number of rotatable bonds is 2. The van der Waals surface area contributed by atoms with Gasteiger partial charge in [-0.05, 0) is 43.9 Å². The summed E-state index contributed by atoms with van der Waals surface area (Å²) in [7, 11) is 0. The summed E-state index contributed by atoms with van der Waals surface area (Å²) in [6.07, 6.45) is 3.68. The van der Waals surface area contributed by atoms with Gasteiger partial charge in [-0.3, -0.25) is 10.1 Å². The van der Waals surface area contributed by atoms with E-state index in [1.165, 1.54) is 11.6 Å². The van der Waals surface area contributed by atoms with Gasteiger partial charge in [0.1, 0.15) is 10.6 Å². The minimum Gasteiger partial charge on any atom is -0.384 e. The smallest absolute Gasteiger partial charge is 0.384 e. The third kappa shape index (κ3) is 3.82. The van der Waals surface area contributed by atoms with Gasteiger partial charge in [-0.25, -0.2) is 4.98 Å². The molecule has 0 amide bonds. The maximum Gasteiger partial charge on any atom is 0.434 e. The van der Waals surface area contributed by atoms with Crippen LogP contribution in [0.4, 0.5) is 11.8 Å². The molecule has 0 aliphatic carbocycles. The fourth-order valence-corrected chi connectivity index (χ4v) is 2.57. The lowest BCUT2D eigenvalue weighted by molar-refractivity contribution is -0.401. The summed E-state index contributed by atoms with van der Waals surface area (Å²) >= 11 is 0. The Hall–Kier alpha value is -3.07. The predicted molar refractivity (Wildman–Crippen MR) is 90.7 cm³/mol. The number of pyridine rings is 1. The molecular formula is C18H17N3O3. The van der Waals surface area contributed by atoms with E-state index in [0.717, 1.165) is 37.3 Å². The summed E-state index contributed by atoms with van der Waals surface area (Å²) in [5.41, 5.74) is 3.00. The molecule has 0 bridgehead atoms. The van der Waals surface area contributed by atoms with Gasteiger partial charge in [0, 0.05) is 24.8 Å². The van der Waals surface area contributed by atoms with Crippen molar-refractivity contribution in [3.05, 3.63) is 63.5 Å². The second-order valence-electron chi connectivity index (χ2n) is 5.59. The first-order valence-electron chi connectivity index (χ1n) is 7.74. The van der Waals surface area contributed by atoms with Crippen LogP contribution in [0.25, 0.3) is 0 Å². The number of nitro groups is 1. The SMILES string of the molecule is Cc1cccc(C#CC=C2CCN(c3ccc([N+](=O)[O-])o3)CC2)n1. The Balaban J connectivity index is 1.59. The van der Waals surface area contributed by atoms with Gasteiger partial charge in [0.15, 0.2) is 0 Å². The summed E-state index contributed by atoms with van der Waals surface area (Å²) in [4.78, 5) is 16.5. The van der Waals surface area contributed by atoms with Gasteiger partial charge in [-0.1, -0.05) is 17.6 Å². The van der Waals surface area contributed by atoms with Gasteiger partial charge >= 0.3 is 5.88 Å². The standard InChI is InChI=1S/C18H17N3O3/c1-14-4-2-6-16(19-14)7-3-5-15-10-12-20(13-11-15)17-8-9-18(24-17)21(22)23/h2,4-6,8-9H,10-13H2,1H3. The molecule has 0 unspecified atom stereocenters. The lowest BCUT2D eigenvalue weighted by Gasteiger charge is -2.27. The van der Waals surface area contributed by atoms with Crippen LogP contribution in [0, 0.1) is 28.9 Å². The molecule has 24 heavy (non-hydrogen) atoms. The number of hydrogen-bond acceptors (Lipinski definition) is 5. The Morgan fingerprint density at radius 3 is 2.75 bits per heavy atom. The first-order chi connectivity index (χ1) is 11.6. The zero-order valence-corrected chi connectivity index (χ0v) is 13.4. The molecule has 1 aliphatic heterocycles. The molecule has 0 atom stereocenters. The summed E-state index contributed by atoms with van der Waals surface area (Å²) in [5, 5.41) is 10.7. The zero-order chi connectivity index (χ0) is 16.9. The van der Waals surface area contributed by atoms with Crippen molar-refractivity contribution >= 4 is 11.8 Å². The van der Waals surface area contributed by atoms with Crippen molar-refractivity contribution in [1.29, 1.82) is 0 Å². The maximum absolute atomic E-state index is 10.7. The molecule has 2 aromatic heterocycles. The van der Waals surface area contributed by atoms with Crippen LogP contribution in [0.5, 0.6) is 0 Å². The molecule has 1 aliphatic rings. The van der Waals surface area contributed by atoms with Gasteiger partial charge in [0.2, 0.25) is 5.88 Å². The second-order valence-corrected chi connectivity index (χ2v) is 5.59. The number of nitrogens with zero attached hydrogens (tertiary/aromatic N) is 3. The van der Waals surface area contributed by atoms with Crippen molar-refractivity contribution < 1.29 is 9.34 Å². The number of allylic oxidation sites excluding steroid dienone is 1. The Labute approximate surface area is 140 Å². The summed E-state index contributed by atoms with van der Waals surface area (Å²) < 4.78 is 5.24. The van der Waals surface area contributed by atoms with E-state index in [9.17, 15) is 10.1 Å². The van der Waals surface area contributed by atoms with Crippen LogP contribution in [-0.4, -0.2) is 23.0 Å². The molecule has 0 saturated carbocycles. The normalized spacial score (nSPS) is 14.0. The highest BCUT2D eigenvalue weighted by Crippen LogP contribution is 2.27. The lowest BCUT2D eigenvalue weighted by atomic mass is 10.0. The molecule has 1 fully saturated rings. The van der Waals surface area contributed by atoms with E-state index in [0.29, 0.717) is 5.88 Å². The minimum atomic E-state index is -0.520. The van der Waals surface area contributed by atoms with Crippen molar-refractivity contribution in [3.63, 3.8) is 0 Å². The molecule has 2 aromatic rings. The van der Waals surface area contributed by atoms with E-state index in [1.807, 2.05) is 36.1 Å². The van der Waals surface area contributed by atoms with Crippen LogP contribution >= 0.6 is 0 Å². The summed E-state index contributed by atoms with van der Waals surface area (Å²) in [6.45, 7) is 3.47. The molecule has 122 valence electrons. The molecule has 3 heterocycles. The monoisotopic (exact) mass is 323 g/mol. The van der Waals surface area contributed by atoms with E-state index in [4.69, 9.17) is 4.42 Å². The number of aromatic nitrogens is 1. The highest BCUT2D eigenvalue weighted by Gasteiger charge is 2.20. The molecule has 0 N–H and O–H groups in total. The van der Waals surface area contributed by atoms with Crippen molar-refractivity contribution in [2.45, 2.75) is 19.8 Å². The number of furan rings is 1. The average molecular weight is 323 g/mol. The summed E-state index contributed by atoms with van der Waals surface area (Å²) in [6, 6.07) is 8.82. The first kappa shape index (κ1) is 15.8. The second kappa shape index (κ2) is 7.01. The topological polar surface area (TPSA) is 72.4 Å². The largest absolute Gasteiger partial charge is 0.434 e. The van der Waals surface area contributed by atoms with Gasteiger partial charge in [0.05, 0.1) is 6.07 Å². The molecule has 0 aromatic carbocycles. The summed E-state index contributed by atoms with van der Waals surface area (Å²) in [5.74, 6) is 6.45. The molecule has 0 spiro atoms. The Morgan fingerprint density at radius 1 is 1.29 bits per heavy atom. The molecule has 6 nitrogen and oxygen atoms in total. The third-order valence-corrected chi connectivity index (χ3v) is 3.84. The van der Waals surface area contributed by atoms with Crippen LogP contribution in [0.3, 0.4) is 0 Å². The molecule has 0 radical (unpaired) electrons. The first-order valence-corrected chi connectivity index (χ1v) is 7.74. The van der Waals surface area contributed by atoms with Crippen molar-refractivity contribution in [2.24, 2.45) is 0 Å². The fraction of sp³-hybridized carbons (Fsp3) is 0.278. The van der Waals surface area contributed by atoms with E-state index in [2.05, 4.69) is 16.8 Å². The lowest BCUT2D eigenvalue weighted by Crippen LogP contribution is -2.30. The van der Waals surface area contributed by atoms with Crippen LogP contribution in [0.2, 0.25) is 0 Å². The highest BCUT2D eigenvalue weighted by atomic mass is 16.6. The van der Waals surface area contributed by atoms with Crippen LogP contribution < -0.4 is 4.90 Å². The number of piperidine rings is 1. The van der Waals surface area contributed by atoms with E-state index < -0.39 is 4.92 Å². The average Bonchev–Trinajstić information content (AvgIpc) is 3.06. The Kier molecular flexibility index (Phi) is 4.62. The molecular weight excluding hydrogens is 306 g/mol. The van der Waals surface area contributed by atoms with Gasteiger partial charge in [-0.2, -0.15) is 0 Å². The van der Waals surface area contributed by atoms with E-state index in [-0.39, 0.29) is 5.88 Å². The van der Waals surface area contributed by atoms with Crippen molar-refractivity contribution in [3.8, 4) is 11.8 Å². The van der Waals surface area contributed by atoms with E-state index in [1.54, 1.807) is 6.07 Å². The third-order valence-electron chi connectivity index (χ3n) is 3.84. The number of aryl methyl sites for hydroxylation is 1. The Bertz CT molecular complexity index is 832. The molecule has 1 saturated heterocycles. The van der Waals surface area contributed by atoms with Gasteiger partial charge in [0.25, 0.3) is 0 Å². The van der Waals surface area contributed by atoms with Crippen molar-refractivity contribution in [1.82, 2.24) is 4.98 Å². The van der Waals surface area contributed by atoms with Gasteiger partial charge < -0.3 is 9.32 Å². The number of anilines is 1. The Morgan fingerprint density at radius 2 is 2.08 bits per heavy atom. The van der Waals surface area contributed by atoms with Crippen LogP contribution in [0.1, 0.15) is 24.2 Å². The van der Waals surface area contributed by atoms with E-state index >= 15 is 0 Å². The minimum absolute atomic E-state index is 0.220. The molecule has 3 rings (SSSR count). The van der Waals surface area contributed by atoms with Crippen LogP contribution in [0.15, 0.2) is 46.4 Å². The predicted octanol–water partition coefficient (Wildman–Crippen LogP) is 3.47. The zero-order valence-electron chi connectivity index (χ0n) is 13.4. The van der Waals surface area contributed by atoms with Crippen LogP contribution in [-0.2, 0) is 0 Å². The number of hydrogen-bond donors (Lipinski definition) is 0. The quantitative estimate of drug-likeness (QED) is 0.481. The van der Waals surface area contributed by atoms with Crippen molar-refractivity contribution in [2.75, 3.05) is 18.0 Å². The molecule has 6 heteroatoms.